The molecule has 172 valence electrons. The highest BCUT2D eigenvalue weighted by molar-refractivity contribution is 5.89. The van der Waals surface area contributed by atoms with Gasteiger partial charge in [-0.1, -0.05) is 50.2 Å². The van der Waals surface area contributed by atoms with Crippen molar-refractivity contribution in [2.75, 3.05) is 19.6 Å². The zero-order valence-electron chi connectivity index (χ0n) is 18.6. The topological polar surface area (TPSA) is 99.1 Å². The number of carbonyl (C=O) groups is 2. The molecule has 0 aliphatic carbocycles. The molecule has 1 aliphatic heterocycles. The number of rotatable bonds is 9. The van der Waals surface area contributed by atoms with Crippen LogP contribution in [-0.4, -0.2) is 52.7 Å². The molecule has 1 atom stereocenters. The smallest absolute Gasteiger partial charge is 0.328 e. The van der Waals surface area contributed by atoms with Gasteiger partial charge in [0, 0.05) is 43.4 Å². The molecule has 7 heteroatoms. The van der Waals surface area contributed by atoms with E-state index in [1.807, 2.05) is 36.4 Å². The summed E-state index contributed by atoms with van der Waals surface area (Å²) in [4.78, 5) is 21.7. The Morgan fingerprint density at radius 1 is 1.06 bits per heavy atom. The van der Waals surface area contributed by atoms with Crippen LogP contribution in [0.2, 0.25) is 0 Å². The summed E-state index contributed by atoms with van der Waals surface area (Å²) >= 11 is 0. The highest BCUT2D eigenvalue weighted by Crippen LogP contribution is 2.27. The summed E-state index contributed by atoms with van der Waals surface area (Å²) in [5.41, 5.74) is 1.26. The van der Waals surface area contributed by atoms with Crippen molar-refractivity contribution in [2.24, 2.45) is 5.92 Å². The van der Waals surface area contributed by atoms with Crippen molar-refractivity contribution in [3.8, 4) is 11.5 Å². The minimum Gasteiger partial charge on any atom is -0.478 e. The van der Waals surface area contributed by atoms with E-state index in [1.165, 1.54) is 12.0 Å². The van der Waals surface area contributed by atoms with Crippen molar-refractivity contribution < 1.29 is 24.5 Å². The Morgan fingerprint density at radius 2 is 1.69 bits per heavy atom. The van der Waals surface area contributed by atoms with Gasteiger partial charge in [-0.25, -0.2) is 9.59 Å². The van der Waals surface area contributed by atoms with E-state index in [4.69, 9.17) is 14.9 Å². The summed E-state index contributed by atoms with van der Waals surface area (Å²) in [5, 5.41) is 19.1. The van der Waals surface area contributed by atoms with Crippen molar-refractivity contribution in [3.63, 3.8) is 0 Å². The highest BCUT2D eigenvalue weighted by atomic mass is 16.5. The summed E-state index contributed by atoms with van der Waals surface area (Å²) in [5.74, 6) is -0.00101. The van der Waals surface area contributed by atoms with E-state index in [-0.39, 0.29) is 0 Å². The maximum atomic E-state index is 9.55. The molecule has 0 unspecified atom stereocenters. The number of ether oxygens (including phenoxy) is 1. The quantitative estimate of drug-likeness (QED) is 0.507. The maximum absolute atomic E-state index is 9.55. The molecule has 1 fully saturated rings. The fourth-order valence-corrected chi connectivity index (χ4v) is 3.47. The second-order valence-electron chi connectivity index (χ2n) is 8.00. The van der Waals surface area contributed by atoms with Crippen LogP contribution in [0.25, 0.3) is 0 Å². The zero-order valence-corrected chi connectivity index (χ0v) is 18.6. The largest absolute Gasteiger partial charge is 0.478 e. The second kappa shape index (κ2) is 13.3. The van der Waals surface area contributed by atoms with Crippen molar-refractivity contribution in [2.45, 2.75) is 32.9 Å². The predicted molar refractivity (Wildman–Crippen MR) is 124 cm³/mol. The number of carboxylic acids is 2. The first-order valence-electron chi connectivity index (χ1n) is 10.7. The number of benzene rings is 2. The third-order valence-electron chi connectivity index (χ3n) is 4.84. The van der Waals surface area contributed by atoms with E-state index in [9.17, 15) is 9.59 Å². The molecule has 7 nitrogen and oxygen atoms in total. The van der Waals surface area contributed by atoms with E-state index in [1.54, 1.807) is 0 Å². The summed E-state index contributed by atoms with van der Waals surface area (Å²) in [6, 6.07) is 19.1. The molecule has 0 bridgehead atoms. The van der Waals surface area contributed by atoms with Gasteiger partial charge in [0.25, 0.3) is 0 Å². The van der Waals surface area contributed by atoms with E-state index < -0.39 is 11.9 Å². The number of hydrogen-bond donors (Lipinski definition) is 3. The Morgan fingerprint density at radius 3 is 2.25 bits per heavy atom. The van der Waals surface area contributed by atoms with E-state index in [0.29, 0.717) is 24.1 Å². The first kappa shape index (κ1) is 25.1. The molecule has 1 saturated heterocycles. The van der Waals surface area contributed by atoms with Gasteiger partial charge in [0.05, 0.1) is 0 Å². The van der Waals surface area contributed by atoms with Crippen LogP contribution in [0.4, 0.5) is 0 Å². The van der Waals surface area contributed by atoms with Gasteiger partial charge >= 0.3 is 11.9 Å². The van der Waals surface area contributed by atoms with Gasteiger partial charge in [-0.2, -0.15) is 0 Å². The lowest BCUT2D eigenvalue weighted by Gasteiger charge is -2.30. The Hall–Kier alpha value is -3.16. The van der Waals surface area contributed by atoms with Crippen LogP contribution >= 0.6 is 0 Å². The predicted octanol–water partition coefficient (Wildman–Crippen LogP) is 4.01. The van der Waals surface area contributed by atoms with Crippen LogP contribution in [0, 0.1) is 5.92 Å². The lowest BCUT2D eigenvalue weighted by molar-refractivity contribution is -0.134. The highest BCUT2D eigenvalue weighted by Gasteiger charge is 2.23. The van der Waals surface area contributed by atoms with Crippen molar-refractivity contribution in [3.05, 3.63) is 72.3 Å². The molecule has 32 heavy (non-hydrogen) atoms. The molecule has 0 amide bonds. The zero-order chi connectivity index (χ0) is 23.3. The van der Waals surface area contributed by atoms with Crippen LogP contribution in [-0.2, 0) is 16.1 Å². The van der Waals surface area contributed by atoms with Gasteiger partial charge in [-0.05, 0) is 37.1 Å². The van der Waals surface area contributed by atoms with Gasteiger partial charge in [0.15, 0.2) is 0 Å². The molecule has 0 spiro atoms. The number of nitrogens with one attached hydrogen (secondary N) is 1. The number of para-hydroxylation sites is 2. The van der Waals surface area contributed by atoms with E-state index in [0.717, 1.165) is 37.7 Å². The average molecular weight is 441 g/mol. The van der Waals surface area contributed by atoms with Crippen molar-refractivity contribution in [1.82, 2.24) is 10.2 Å². The normalized spacial score (nSPS) is 15.6. The lowest BCUT2D eigenvalue weighted by atomic mass is 10.1. The number of nitrogens with zero attached hydrogens (tertiary/aromatic N) is 1. The molecule has 2 aromatic carbocycles. The second-order valence-corrected chi connectivity index (χ2v) is 8.00. The lowest BCUT2D eigenvalue weighted by Crippen LogP contribution is -2.38. The van der Waals surface area contributed by atoms with Crippen LogP contribution < -0.4 is 10.1 Å². The number of carboxylic acid groups (broad SMARTS) is 2. The van der Waals surface area contributed by atoms with E-state index >= 15 is 0 Å². The minimum absolute atomic E-state index is 0.558. The molecule has 2 aromatic rings. The summed E-state index contributed by atoms with van der Waals surface area (Å²) in [6.07, 6.45) is 2.35. The summed E-state index contributed by atoms with van der Waals surface area (Å²) in [7, 11) is 0. The molecule has 3 rings (SSSR count). The maximum Gasteiger partial charge on any atom is 0.328 e. The van der Waals surface area contributed by atoms with Crippen molar-refractivity contribution >= 4 is 11.9 Å². The monoisotopic (exact) mass is 440 g/mol. The third-order valence-corrected chi connectivity index (χ3v) is 4.84. The van der Waals surface area contributed by atoms with Gasteiger partial charge in [0.1, 0.15) is 11.5 Å². The Bertz CT molecular complexity index is 861. The van der Waals surface area contributed by atoms with Gasteiger partial charge in [0.2, 0.25) is 0 Å². The Kier molecular flexibility index (Phi) is 10.4. The third kappa shape index (κ3) is 9.32. The molecule has 1 heterocycles. The standard InChI is InChI=1S/C21H28N2O.C4H4O4/c1-17(2)15-23(19-12-13-22-14-19)16-18-8-6-7-11-21(18)24-20-9-4-3-5-10-20;5-3(6)1-2-4(7)8/h3-11,17,19,22H,12-16H2,1-2H3;1-2H,(H,5,6)(H,7,8)/t19-;/m0./s1. The van der Waals surface area contributed by atoms with E-state index in [2.05, 4.69) is 42.3 Å². The minimum atomic E-state index is -1.26. The summed E-state index contributed by atoms with van der Waals surface area (Å²) in [6.45, 7) is 8.86. The van der Waals surface area contributed by atoms with Gasteiger partial charge in [-0.15, -0.1) is 0 Å². The van der Waals surface area contributed by atoms with Gasteiger partial charge in [-0.3, -0.25) is 4.90 Å². The fourth-order valence-electron chi connectivity index (χ4n) is 3.47. The number of hydrogen-bond acceptors (Lipinski definition) is 5. The molecule has 3 N–H and O–H groups in total. The molecule has 0 radical (unpaired) electrons. The Balaban J connectivity index is 0.000000390. The van der Waals surface area contributed by atoms with Gasteiger partial charge < -0.3 is 20.3 Å². The van der Waals surface area contributed by atoms with Crippen molar-refractivity contribution in [1.29, 1.82) is 0 Å². The fraction of sp³-hybridized carbons (Fsp3) is 0.360. The molecule has 1 aliphatic rings. The molecule has 0 aromatic heterocycles. The summed E-state index contributed by atoms with van der Waals surface area (Å²) < 4.78 is 6.14. The van der Waals surface area contributed by atoms with Crippen LogP contribution in [0.15, 0.2) is 66.7 Å². The average Bonchev–Trinajstić information content (AvgIpc) is 3.29. The van der Waals surface area contributed by atoms with Crippen LogP contribution in [0.3, 0.4) is 0 Å². The van der Waals surface area contributed by atoms with Crippen LogP contribution in [0.5, 0.6) is 11.5 Å². The number of aliphatic carboxylic acids is 2. The molecular weight excluding hydrogens is 408 g/mol. The molecular formula is C25H32N2O5. The van der Waals surface area contributed by atoms with Crippen LogP contribution in [0.1, 0.15) is 25.8 Å². The Labute approximate surface area is 189 Å². The SMILES string of the molecule is CC(C)CN(Cc1ccccc1Oc1ccccc1)[C@H]1CCNC1.O=C(O)C=CC(=O)O. The first-order chi connectivity index (χ1) is 15.3. The first-order valence-corrected chi connectivity index (χ1v) is 10.7. The molecule has 0 saturated carbocycles.